The number of aryl methyl sites for hydroxylation is 1. The van der Waals surface area contributed by atoms with Crippen molar-refractivity contribution >= 4 is 29.3 Å². The number of para-hydroxylation sites is 1. The first-order valence-corrected chi connectivity index (χ1v) is 9.82. The van der Waals surface area contributed by atoms with Crippen LogP contribution in [-0.4, -0.2) is 32.3 Å². The van der Waals surface area contributed by atoms with Gasteiger partial charge in [-0.2, -0.15) is 0 Å². The van der Waals surface area contributed by atoms with Crippen LogP contribution >= 0.6 is 11.8 Å². The quantitative estimate of drug-likeness (QED) is 0.551. The Bertz CT molecular complexity index is 1020. The van der Waals surface area contributed by atoms with E-state index in [4.69, 9.17) is 10.5 Å². The number of hydrogen-bond acceptors (Lipinski definition) is 6. The monoisotopic (exact) mass is 411 g/mol. The average Bonchev–Trinajstić information content (AvgIpc) is 3.06. The van der Waals surface area contributed by atoms with E-state index in [0.717, 1.165) is 11.3 Å². The summed E-state index contributed by atoms with van der Waals surface area (Å²) in [5, 5.41) is 11.5. The van der Waals surface area contributed by atoms with Crippen molar-refractivity contribution in [1.29, 1.82) is 0 Å². The van der Waals surface area contributed by atoms with Crippen LogP contribution < -0.4 is 15.8 Å². The maximum Gasteiger partial charge on any atom is 0.250 e. The average molecular weight is 411 g/mol. The summed E-state index contributed by atoms with van der Waals surface area (Å²) in [6, 6.07) is 14.3. The minimum Gasteiger partial charge on any atom is -0.486 e. The molecule has 3 aromatic rings. The van der Waals surface area contributed by atoms with Gasteiger partial charge in [-0.25, -0.2) is 0 Å². The number of anilines is 1. The predicted molar refractivity (Wildman–Crippen MR) is 111 cm³/mol. The molecule has 8 nitrogen and oxygen atoms in total. The van der Waals surface area contributed by atoms with Gasteiger partial charge in [-0.3, -0.25) is 9.59 Å². The molecule has 0 aliphatic heterocycles. The number of carbonyl (C=O) groups is 2. The van der Waals surface area contributed by atoms with Gasteiger partial charge in [-0.15, -0.1) is 10.2 Å². The van der Waals surface area contributed by atoms with E-state index in [1.165, 1.54) is 11.8 Å². The fraction of sp³-hybridized carbons (Fsp3) is 0.200. The van der Waals surface area contributed by atoms with Crippen molar-refractivity contribution in [3.8, 4) is 5.75 Å². The number of thioether (sulfide) groups is 1. The molecule has 0 aliphatic carbocycles. The number of hydrogen-bond donors (Lipinski definition) is 2. The van der Waals surface area contributed by atoms with E-state index in [9.17, 15) is 9.59 Å². The number of ether oxygens (including phenoxy) is 1. The van der Waals surface area contributed by atoms with E-state index in [2.05, 4.69) is 15.5 Å². The molecule has 0 aliphatic rings. The molecule has 0 atom stereocenters. The van der Waals surface area contributed by atoms with E-state index in [1.807, 2.05) is 38.2 Å². The first-order chi connectivity index (χ1) is 13.9. The van der Waals surface area contributed by atoms with Gasteiger partial charge < -0.3 is 20.4 Å². The summed E-state index contributed by atoms with van der Waals surface area (Å²) in [7, 11) is 1.82. The molecule has 0 fully saturated rings. The van der Waals surface area contributed by atoms with Gasteiger partial charge in [-0.05, 0) is 31.2 Å². The molecule has 1 heterocycles. The zero-order valence-electron chi connectivity index (χ0n) is 16.1. The van der Waals surface area contributed by atoms with Gasteiger partial charge >= 0.3 is 0 Å². The molecule has 3 N–H and O–H groups in total. The molecule has 29 heavy (non-hydrogen) atoms. The number of nitrogens with two attached hydrogens (primary N) is 1. The molecule has 9 heteroatoms. The number of benzene rings is 2. The molecule has 3 rings (SSSR count). The molecular formula is C20H21N5O3S. The van der Waals surface area contributed by atoms with Crippen LogP contribution in [0, 0.1) is 6.92 Å². The fourth-order valence-corrected chi connectivity index (χ4v) is 3.23. The number of amides is 2. The lowest BCUT2D eigenvalue weighted by Crippen LogP contribution is -2.19. The largest absolute Gasteiger partial charge is 0.486 e. The van der Waals surface area contributed by atoms with Crippen LogP contribution in [0.5, 0.6) is 5.75 Å². The van der Waals surface area contributed by atoms with E-state index in [-0.39, 0.29) is 23.8 Å². The lowest BCUT2D eigenvalue weighted by Gasteiger charge is -2.09. The van der Waals surface area contributed by atoms with Crippen molar-refractivity contribution in [2.75, 3.05) is 11.1 Å². The highest BCUT2D eigenvalue weighted by Crippen LogP contribution is 2.19. The Morgan fingerprint density at radius 2 is 1.86 bits per heavy atom. The minimum atomic E-state index is -0.597. The number of rotatable bonds is 8. The zero-order chi connectivity index (χ0) is 20.8. The van der Waals surface area contributed by atoms with E-state index < -0.39 is 5.91 Å². The van der Waals surface area contributed by atoms with Crippen LogP contribution in [-0.2, 0) is 18.4 Å². The molecule has 150 valence electrons. The second-order valence-corrected chi connectivity index (χ2v) is 7.25. The summed E-state index contributed by atoms with van der Waals surface area (Å²) >= 11 is 1.24. The van der Waals surface area contributed by atoms with Crippen molar-refractivity contribution in [3.63, 3.8) is 0 Å². The first kappa shape index (κ1) is 20.4. The maximum atomic E-state index is 12.3. The lowest BCUT2D eigenvalue weighted by atomic mass is 10.1. The van der Waals surface area contributed by atoms with Gasteiger partial charge in [0.25, 0.3) is 5.91 Å². The molecule has 0 saturated heterocycles. The molecule has 0 spiro atoms. The highest BCUT2D eigenvalue weighted by molar-refractivity contribution is 7.99. The summed E-state index contributed by atoms with van der Waals surface area (Å²) in [5.41, 5.74) is 7.13. The summed E-state index contributed by atoms with van der Waals surface area (Å²) in [6.45, 7) is 2.28. The second kappa shape index (κ2) is 9.24. The van der Waals surface area contributed by atoms with E-state index >= 15 is 0 Å². The Labute approximate surface area is 172 Å². The summed E-state index contributed by atoms with van der Waals surface area (Å²) in [6.07, 6.45) is 0. The molecule has 0 bridgehead atoms. The number of primary amides is 1. The van der Waals surface area contributed by atoms with Crippen LogP contribution in [0.1, 0.15) is 21.7 Å². The molecule has 0 radical (unpaired) electrons. The number of nitrogens with one attached hydrogen (secondary N) is 1. The zero-order valence-corrected chi connectivity index (χ0v) is 16.9. The molecular weight excluding hydrogens is 390 g/mol. The molecule has 2 amide bonds. The minimum absolute atomic E-state index is 0.109. The number of aromatic nitrogens is 3. The van der Waals surface area contributed by atoms with Gasteiger partial charge in [0.15, 0.2) is 11.0 Å². The Hall–Kier alpha value is -3.33. The van der Waals surface area contributed by atoms with Crippen molar-refractivity contribution < 1.29 is 14.3 Å². The fourth-order valence-electron chi connectivity index (χ4n) is 2.50. The smallest absolute Gasteiger partial charge is 0.250 e. The Morgan fingerprint density at radius 1 is 1.14 bits per heavy atom. The van der Waals surface area contributed by atoms with Gasteiger partial charge in [0.1, 0.15) is 12.4 Å². The highest BCUT2D eigenvalue weighted by Gasteiger charge is 2.14. The number of nitrogens with zero attached hydrogens (tertiary/aromatic N) is 3. The van der Waals surface area contributed by atoms with Crippen LogP contribution in [0.15, 0.2) is 53.7 Å². The lowest BCUT2D eigenvalue weighted by molar-refractivity contribution is -0.113. The predicted octanol–water partition coefficient (Wildman–Crippen LogP) is 2.53. The molecule has 0 saturated carbocycles. The normalized spacial score (nSPS) is 10.6. The Kier molecular flexibility index (Phi) is 6.50. The van der Waals surface area contributed by atoms with Crippen molar-refractivity contribution in [2.45, 2.75) is 18.7 Å². The van der Waals surface area contributed by atoms with Gasteiger partial charge in [0, 0.05) is 7.05 Å². The first-order valence-electron chi connectivity index (χ1n) is 8.83. The van der Waals surface area contributed by atoms with E-state index in [1.54, 1.807) is 28.8 Å². The summed E-state index contributed by atoms with van der Waals surface area (Å²) in [5.74, 6) is 0.634. The topological polar surface area (TPSA) is 112 Å². The number of carbonyl (C=O) groups excluding carboxylic acids is 2. The van der Waals surface area contributed by atoms with Crippen LogP contribution in [0.25, 0.3) is 0 Å². The third-order valence-corrected chi connectivity index (χ3v) is 5.13. The SMILES string of the molecule is Cc1ccc(OCc2nnc(SCC(=O)Nc3ccccc3C(N)=O)n2C)cc1. The molecule has 0 unspecified atom stereocenters. The van der Waals surface area contributed by atoms with Crippen molar-refractivity contribution in [2.24, 2.45) is 12.8 Å². The van der Waals surface area contributed by atoms with Crippen LogP contribution in [0.3, 0.4) is 0 Å². The Balaban J connectivity index is 1.55. The molecule has 1 aromatic heterocycles. The maximum absolute atomic E-state index is 12.3. The van der Waals surface area contributed by atoms with Crippen LogP contribution in [0.2, 0.25) is 0 Å². The third kappa shape index (κ3) is 5.35. The van der Waals surface area contributed by atoms with Gasteiger partial charge in [0.05, 0.1) is 17.0 Å². The van der Waals surface area contributed by atoms with Gasteiger partial charge in [-0.1, -0.05) is 41.6 Å². The summed E-state index contributed by atoms with van der Waals surface area (Å²) < 4.78 is 7.51. The highest BCUT2D eigenvalue weighted by atomic mass is 32.2. The second-order valence-electron chi connectivity index (χ2n) is 6.31. The van der Waals surface area contributed by atoms with Crippen LogP contribution in [0.4, 0.5) is 5.69 Å². The standard InChI is InChI=1S/C20H21N5O3S/c1-13-7-9-14(10-8-13)28-11-17-23-24-20(25(17)2)29-12-18(26)22-16-6-4-3-5-15(16)19(21)27/h3-10H,11-12H2,1-2H3,(H2,21,27)(H,22,26). The van der Waals surface area contributed by atoms with Crippen molar-refractivity contribution in [1.82, 2.24) is 14.8 Å². The third-order valence-electron chi connectivity index (χ3n) is 4.11. The van der Waals surface area contributed by atoms with E-state index in [0.29, 0.717) is 16.7 Å². The van der Waals surface area contributed by atoms with Crippen molar-refractivity contribution in [3.05, 3.63) is 65.5 Å². The summed E-state index contributed by atoms with van der Waals surface area (Å²) in [4.78, 5) is 23.7. The van der Waals surface area contributed by atoms with Gasteiger partial charge in [0.2, 0.25) is 5.91 Å². The Morgan fingerprint density at radius 3 is 2.59 bits per heavy atom. The molecule has 2 aromatic carbocycles.